The summed E-state index contributed by atoms with van der Waals surface area (Å²) in [5, 5.41) is 13.9. The Hall–Kier alpha value is -2.97. The van der Waals surface area contributed by atoms with Crippen molar-refractivity contribution in [2.45, 2.75) is 38.3 Å². The molecule has 1 aromatic rings. The van der Waals surface area contributed by atoms with Crippen LogP contribution in [0.15, 0.2) is 24.3 Å². The molecule has 1 rings (SSSR count). The van der Waals surface area contributed by atoms with Gasteiger partial charge in [0.1, 0.15) is 17.9 Å². The van der Waals surface area contributed by atoms with Gasteiger partial charge in [-0.3, -0.25) is 14.4 Å². The standard InChI is InChI=1S/C17H21FN2O6/c1-10(21)19-14(9-11-3-5-12(18)6-4-11)16(23)20-13(17(24)25)7-8-15(22)26-2/h3-6,13-14H,7-9H2,1-2H3,(H,19,21)(H,20,23)(H,24,25)/t13-,14+/m1/s1. The van der Waals surface area contributed by atoms with E-state index in [1.807, 2.05) is 0 Å². The minimum absolute atomic E-state index is 0.0506. The highest BCUT2D eigenvalue weighted by atomic mass is 19.1. The first-order chi connectivity index (χ1) is 12.2. The van der Waals surface area contributed by atoms with Crippen molar-refractivity contribution in [2.24, 2.45) is 0 Å². The summed E-state index contributed by atoms with van der Waals surface area (Å²) >= 11 is 0. The van der Waals surface area contributed by atoms with Crippen molar-refractivity contribution in [1.82, 2.24) is 10.6 Å². The van der Waals surface area contributed by atoms with E-state index in [1.165, 1.54) is 38.3 Å². The molecule has 2 atom stereocenters. The smallest absolute Gasteiger partial charge is 0.326 e. The van der Waals surface area contributed by atoms with Crippen LogP contribution in [0.4, 0.5) is 4.39 Å². The zero-order chi connectivity index (χ0) is 19.7. The molecule has 0 bridgehead atoms. The molecule has 0 aliphatic heterocycles. The zero-order valence-electron chi connectivity index (χ0n) is 14.5. The summed E-state index contributed by atoms with van der Waals surface area (Å²) in [6.45, 7) is 1.22. The third kappa shape index (κ3) is 7.29. The van der Waals surface area contributed by atoms with Gasteiger partial charge in [0, 0.05) is 19.8 Å². The Kier molecular flexibility index (Phi) is 8.20. The lowest BCUT2D eigenvalue weighted by Crippen LogP contribution is -2.52. The Balaban J connectivity index is 2.81. The quantitative estimate of drug-likeness (QED) is 0.542. The molecule has 1 aromatic carbocycles. The highest BCUT2D eigenvalue weighted by molar-refractivity contribution is 5.90. The average molecular weight is 368 g/mol. The Morgan fingerprint density at radius 1 is 1.12 bits per heavy atom. The van der Waals surface area contributed by atoms with Crippen LogP contribution < -0.4 is 10.6 Å². The predicted octanol–water partition coefficient (Wildman–Crippen LogP) is 0.395. The molecular weight excluding hydrogens is 347 g/mol. The number of carbonyl (C=O) groups is 4. The number of nitrogens with one attached hydrogen (secondary N) is 2. The summed E-state index contributed by atoms with van der Waals surface area (Å²) in [6.07, 6.45) is -0.289. The predicted molar refractivity (Wildman–Crippen MR) is 88.5 cm³/mol. The molecule has 9 heteroatoms. The first-order valence-corrected chi connectivity index (χ1v) is 7.84. The van der Waals surface area contributed by atoms with Gasteiger partial charge >= 0.3 is 11.9 Å². The van der Waals surface area contributed by atoms with Crippen molar-refractivity contribution in [2.75, 3.05) is 7.11 Å². The first kappa shape index (κ1) is 21.1. The zero-order valence-corrected chi connectivity index (χ0v) is 14.5. The van der Waals surface area contributed by atoms with Gasteiger partial charge in [-0.1, -0.05) is 12.1 Å². The maximum Gasteiger partial charge on any atom is 0.326 e. The Morgan fingerprint density at radius 3 is 2.23 bits per heavy atom. The lowest BCUT2D eigenvalue weighted by Gasteiger charge is -2.21. The van der Waals surface area contributed by atoms with E-state index in [1.54, 1.807) is 0 Å². The summed E-state index contributed by atoms with van der Waals surface area (Å²) in [4.78, 5) is 46.2. The van der Waals surface area contributed by atoms with E-state index in [9.17, 15) is 28.7 Å². The molecule has 0 unspecified atom stereocenters. The first-order valence-electron chi connectivity index (χ1n) is 7.84. The molecule has 26 heavy (non-hydrogen) atoms. The fourth-order valence-corrected chi connectivity index (χ4v) is 2.20. The van der Waals surface area contributed by atoms with Crippen LogP contribution in [0.5, 0.6) is 0 Å². The number of hydrogen-bond donors (Lipinski definition) is 3. The average Bonchev–Trinajstić information content (AvgIpc) is 2.58. The van der Waals surface area contributed by atoms with Gasteiger partial charge in [-0.15, -0.1) is 0 Å². The van der Waals surface area contributed by atoms with Crippen LogP contribution >= 0.6 is 0 Å². The second-order valence-corrected chi connectivity index (χ2v) is 5.60. The molecule has 8 nitrogen and oxygen atoms in total. The van der Waals surface area contributed by atoms with E-state index in [0.29, 0.717) is 5.56 Å². The van der Waals surface area contributed by atoms with Crippen LogP contribution in [-0.4, -0.2) is 48.1 Å². The Morgan fingerprint density at radius 2 is 1.73 bits per heavy atom. The summed E-state index contributed by atoms with van der Waals surface area (Å²) in [6, 6.07) is 3.00. The molecular formula is C17H21FN2O6. The normalized spacial score (nSPS) is 12.6. The maximum atomic E-state index is 13.0. The Labute approximate surface area is 149 Å². The number of methoxy groups -OCH3 is 1. The van der Waals surface area contributed by atoms with Crippen LogP contribution in [0.1, 0.15) is 25.3 Å². The van der Waals surface area contributed by atoms with E-state index in [0.717, 1.165) is 0 Å². The highest BCUT2D eigenvalue weighted by Gasteiger charge is 2.26. The van der Waals surface area contributed by atoms with Gasteiger partial charge in [0.2, 0.25) is 11.8 Å². The number of carbonyl (C=O) groups excluding carboxylic acids is 3. The molecule has 0 heterocycles. The van der Waals surface area contributed by atoms with Crippen LogP contribution in [0.25, 0.3) is 0 Å². The second kappa shape index (κ2) is 10.1. The van der Waals surface area contributed by atoms with E-state index in [4.69, 9.17) is 0 Å². The number of rotatable bonds is 9. The van der Waals surface area contributed by atoms with Crippen molar-refractivity contribution in [3.05, 3.63) is 35.6 Å². The van der Waals surface area contributed by atoms with Gasteiger partial charge in [-0.2, -0.15) is 0 Å². The number of halogens is 1. The molecule has 0 aromatic heterocycles. The number of carboxylic acid groups (broad SMARTS) is 1. The third-order valence-electron chi connectivity index (χ3n) is 3.53. The summed E-state index contributed by atoms with van der Waals surface area (Å²) < 4.78 is 17.4. The van der Waals surface area contributed by atoms with Crippen molar-refractivity contribution in [3.8, 4) is 0 Å². The minimum atomic E-state index is -1.31. The second-order valence-electron chi connectivity index (χ2n) is 5.60. The van der Waals surface area contributed by atoms with E-state index in [2.05, 4.69) is 15.4 Å². The van der Waals surface area contributed by atoms with Gasteiger partial charge in [0.15, 0.2) is 0 Å². The van der Waals surface area contributed by atoms with Crippen LogP contribution in [0.3, 0.4) is 0 Å². The van der Waals surface area contributed by atoms with Crippen molar-refractivity contribution in [1.29, 1.82) is 0 Å². The van der Waals surface area contributed by atoms with Crippen molar-refractivity contribution >= 4 is 23.8 Å². The van der Waals surface area contributed by atoms with Gasteiger partial charge in [-0.05, 0) is 24.1 Å². The summed E-state index contributed by atoms with van der Waals surface area (Å²) in [7, 11) is 1.17. The number of esters is 1. The lowest BCUT2D eigenvalue weighted by atomic mass is 10.0. The molecule has 0 aliphatic carbocycles. The molecule has 0 saturated carbocycles. The van der Waals surface area contributed by atoms with Gasteiger partial charge in [0.05, 0.1) is 7.11 Å². The van der Waals surface area contributed by atoms with Gasteiger partial charge < -0.3 is 20.5 Å². The number of carboxylic acids is 1. The minimum Gasteiger partial charge on any atom is -0.480 e. The molecule has 142 valence electrons. The van der Waals surface area contributed by atoms with E-state index >= 15 is 0 Å². The van der Waals surface area contributed by atoms with Crippen molar-refractivity contribution in [3.63, 3.8) is 0 Å². The molecule has 0 fully saturated rings. The third-order valence-corrected chi connectivity index (χ3v) is 3.53. The maximum absolute atomic E-state index is 13.0. The number of amides is 2. The summed E-state index contributed by atoms with van der Waals surface area (Å²) in [5.74, 6) is -3.56. The molecule has 0 radical (unpaired) electrons. The molecule has 0 aliphatic rings. The number of benzene rings is 1. The molecule has 3 N–H and O–H groups in total. The molecule has 2 amide bonds. The number of hydrogen-bond acceptors (Lipinski definition) is 5. The van der Waals surface area contributed by atoms with Crippen molar-refractivity contribution < 1.29 is 33.4 Å². The molecule has 0 spiro atoms. The fourth-order valence-electron chi connectivity index (χ4n) is 2.20. The highest BCUT2D eigenvalue weighted by Crippen LogP contribution is 2.07. The monoisotopic (exact) mass is 368 g/mol. The van der Waals surface area contributed by atoms with Crippen LogP contribution in [0.2, 0.25) is 0 Å². The number of ether oxygens (including phenoxy) is 1. The largest absolute Gasteiger partial charge is 0.480 e. The van der Waals surface area contributed by atoms with Crippen LogP contribution in [-0.2, 0) is 30.3 Å². The fraction of sp³-hybridized carbons (Fsp3) is 0.412. The summed E-state index contributed by atoms with van der Waals surface area (Å²) in [5.41, 5.74) is 0.585. The van der Waals surface area contributed by atoms with Gasteiger partial charge in [-0.25, -0.2) is 9.18 Å². The topological polar surface area (TPSA) is 122 Å². The number of aliphatic carboxylic acids is 1. The van der Waals surface area contributed by atoms with E-state index in [-0.39, 0.29) is 19.3 Å². The van der Waals surface area contributed by atoms with Gasteiger partial charge in [0.25, 0.3) is 0 Å². The Bertz CT molecular complexity index is 662. The molecule has 0 saturated heterocycles. The van der Waals surface area contributed by atoms with Crippen LogP contribution in [0, 0.1) is 5.82 Å². The SMILES string of the molecule is COC(=O)CC[C@@H](NC(=O)[C@H](Cc1ccc(F)cc1)NC(C)=O)C(=O)O. The lowest BCUT2D eigenvalue weighted by molar-refractivity contribution is -0.144. The van der Waals surface area contributed by atoms with E-state index < -0.39 is 41.7 Å².